The number of aryl methyl sites for hydroxylation is 1. The predicted molar refractivity (Wildman–Crippen MR) is 122 cm³/mol. The second kappa shape index (κ2) is 7.99. The Bertz CT molecular complexity index is 1470. The molecule has 1 aliphatic rings. The Morgan fingerprint density at radius 3 is 2.62 bits per heavy atom. The largest absolute Gasteiger partial charge is 0.355 e. The van der Waals surface area contributed by atoms with Crippen molar-refractivity contribution in [1.82, 2.24) is 44.5 Å². The monoisotopic (exact) mass is 453 g/mol. The molecule has 0 unspecified atom stereocenters. The topological polar surface area (TPSA) is 132 Å². The minimum Gasteiger partial charge on any atom is -0.355 e. The van der Waals surface area contributed by atoms with Crippen molar-refractivity contribution in [2.75, 3.05) is 23.3 Å². The van der Waals surface area contributed by atoms with Gasteiger partial charge in [-0.15, -0.1) is 10.2 Å². The van der Waals surface area contributed by atoms with Crippen molar-refractivity contribution in [2.24, 2.45) is 5.92 Å². The van der Waals surface area contributed by atoms with E-state index in [2.05, 4.69) is 40.7 Å². The van der Waals surface area contributed by atoms with Crippen molar-refractivity contribution in [3.05, 3.63) is 67.3 Å². The van der Waals surface area contributed by atoms with E-state index in [4.69, 9.17) is 0 Å². The highest BCUT2D eigenvalue weighted by Gasteiger charge is 2.33. The maximum absolute atomic E-state index is 12.7. The van der Waals surface area contributed by atoms with Gasteiger partial charge in [-0.05, 0) is 31.2 Å². The molecule has 168 valence electrons. The Kier molecular flexibility index (Phi) is 4.68. The minimum absolute atomic E-state index is 0.0192. The van der Waals surface area contributed by atoms with Crippen molar-refractivity contribution in [3.8, 4) is 17.1 Å². The number of anilines is 2. The van der Waals surface area contributed by atoms with E-state index in [1.165, 1.54) is 12.7 Å². The molecule has 1 aromatic carbocycles. The molecule has 0 bridgehead atoms. The summed E-state index contributed by atoms with van der Waals surface area (Å²) in [4.78, 5) is 27.2. The molecule has 0 atom stereocenters. The van der Waals surface area contributed by atoms with E-state index < -0.39 is 0 Å². The van der Waals surface area contributed by atoms with Gasteiger partial charge in [0.2, 0.25) is 5.91 Å². The fraction of sp³-hybridized carbons (Fsp3) is 0.182. The highest BCUT2D eigenvalue weighted by molar-refractivity contribution is 5.94. The van der Waals surface area contributed by atoms with Crippen LogP contribution in [0.5, 0.6) is 0 Å². The van der Waals surface area contributed by atoms with Crippen LogP contribution in [-0.4, -0.2) is 63.5 Å². The molecule has 5 aromatic rings. The zero-order chi connectivity index (χ0) is 23.1. The van der Waals surface area contributed by atoms with Crippen LogP contribution in [0, 0.1) is 12.8 Å². The van der Waals surface area contributed by atoms with Crippen LogP contribution < -0.4 is 10.2 Å². The van der Waals surface area contributed by atoms with Gasteiger partial charge in [-0.2, -0.15) is 14.7 Å². The van der Waals surface area contributed by atoms with E-state index in [9.17, 15) is 4.79 Å². The van der Waals surface area contributed by atoms with E-state index in [0.717, 1.165) is 28.6 Å². The highest BCUT2D eigenvalue weighted by atomic mass is 16.2. The number of carbonyl (C=O) groups is 1. The Balaban J connectivity index is 1.09. The van der Waals surface area contributed by atoms with Crippen molar-refractivity contribution >= 4 is 23.1 Å². The van der Waals surface area contributed by atoms with Crippen molar-refractivity contribution in [2.45, 2.75) is 6.92 Å². The Hall–Kier alpha value is -4.74. The van der Waals surface area contributed by atoms with E-state index in [-0.39, 0.29) is 11.8 Å². The molecule has 34 heavy (non-hydrogen) atoms. The van der Waals surface area contributed by atoms with Crippen LogP contribution in [0.25, 0.3) is 22.7 Å². The van der Waals surface area contributed by atoms with Gasteiger partial charge >= 0.3 is 0 Å². The van der Waals surface area contributed by atoms with Crippen molar-refractivity contribution in [1.29, 1.82) is 0 Å². The Morgan fingerprint density at radius 2 is 1.82 bits per heavy atom. The fourth-order valence-corrected chi connectivity index (χ4v) is 3.81. The quantitative estimate of drug-likeness (QED) is 0.421. The van der Waals surface area contributed by atoms with Crippen LogP contribution >= 0.6 is 0 Å². The summed E-state index contributed by atoms with van der Waals surface area (Å²) in [5, 5.41) is 19.8. The summed E-state index contributed by atoms with van der Waals surface area (Å²) in [5.41, 5.74) is 3.19. The van der Waals surface area contributed by atoms with Crippen LogP contribution in [-0.2, 0) is 4.79 Å². The van der Waals surface area contributed by atoms with Gasteiger partial charge in [0.25, 0.3) is 0 Å². The van der Waals surface area contributed by atoms with Gasteiger partial charge in [0, 0.05) is 30.4 Å². The van der Waals surface area contributed by atoms with E-state index in [1.54, 1.807) is 15.5 Å². The van der Waals surface area contributed by atoms with E-state index in [1.807, 2.05) is 54.3 Å². The summed E-state index contributed by atoms with van der Waals surface area (Å²) in [6.45, 7) is 3.03. The molecule has 12 heteroatoms. The second-order valence-electron chi connectivity index (χ2n) is 7.98. The second-order valence-corrected chi connectivity index (χ2v) is 7.98. The van der Waals surface area contributed by atoms with Crippen molar-refractivity contribution in [3.63, 3.8) is 0 Å². The first-order valence-electron chi connectivity index (χ1n) is 10.7. The number of rotatable bonds is 5. The predicted octanol–water partition coefficient (Wildman–Crippen LogP) is 1.55. The molecule has 1 amide bonds. The van der Waals surface area contributed by atoms with Gasteiger partial charge in [-0.3, -0.25) is 4.79 Å². The highest BCUT2D eigenvalue weighted by Crippen LogP contribution is 2.25. The van der Waals surface area contributed by atoms with Gasteiger partial charge in [0.15, 0.2) is 17.3 Å². The third kappa shape index (κ3) is 3.60. The van der Waals surface area contributed by atoms with Gasteiger partial charge in [-0.1, -0.05) is 12.1 Å². The summed E-state index contributed by atoms with van der Waals surface area (Å²) in [6, 6.07) is 13.2. The van der Waals surface area contributed by atoms with Crippen LogP contribution in [0.1, 0.15) is 5.82 Å². The molecule has 0 radical (unpaired) electrons. The minimum atomic E-state index is -0.120. The molecular weight excluding hydrogens is 434 g/mol. The Labute approximate surface area is 193 Å². The number of hydrogen-bond donors (Lipinski definition) is 1. The van der Waals surface area contributed by atoms with Crippen LogP contribution in [0.2, 0.25) is 0 Å². The molecule has 1 aliphatic heterocycles. The van der Waals surface area contributed by atoms with Crippen LogP contribution in [0.4, 0.5) is 11.5 Å². The van der Waals surface area contributed by atoms with E-state index >= 15 is 0 Å². The lowest BCUT2D eigenvalue weighted by Gasteiger charge is -2.39. The lowest BCUT2D eigenvalue weighted by atomic mass is 9.99. The standard InChI is InChI=1S/C22H19N11O/c1-14-28-29-19-7-6-18(30-33(14)19)15-2-4-17(5-3-15)27-22(34)16-9-31(10-16)20-8-21(25-12-24-20)32-13-23-11-26-32/h2-8,11-13,16H,9-10H2,1H3,(H,27,34). The summed E-state index contributed by atoms with van der Waals surface area (Å²) in [6.07, 6.45) is 4.51. The lowest BCUT2D eigenvalue weighted by Crippen LogP contribution is -2.52. The number of nitrogens with zero attached hydrogens (tertiary/aromatic N) is 10. The lowest BCUT2D eigenvalue weighted by molar-refractivity contribution is -0.120. The van der Waals surface area contributed by atoms with Crippen LogP contribution in [0.3, 0.4) is 0 Å². The van der Waals surface area contributed by atoms with Crippen molar-refractivity contribution < 1.29 is 4.79 Å². The smallest absolute Gasteiger partial charge is 0.231 e. The SMILES string of the molecule is Cc1nnc2ccc(-c3ccc(NC(=O)C4CN(c5cc(-n6cncn6)ncn5)C4)cc3)nn12. The molecule has 4 aromatic heterocycles. The molecule has 5 heterocycles. The first-order chi connectivity index (χ1) is 16.6. The van der Waals surface area contributed by atoms with Gasteiger partial charge in [0.05, 0.1) is 11.6 Å². The molecule has 0 aliphatic carbocycles. The van der Waals surface area contributed by atoms with Gasteiger partial charge in [0.1, 0.15) is 24.8 Å². The summed E-state index contributed by atoms with van der Waals surface area (Å²) >= 11 is 0. The number of fused-ring (bicyclic) bond motifs is 1. The maximum Gasteiger partial charge on any atom is 0.231 e. The molecular formula is C22H19N11O. The number of hydrogen-bond acceptors (Lipinski definition) is 9. The average molecular weight is 453 g/mol. The zero-order valence-electron chi connectivity index (χ0n) is 18.1. The molecule has 12 nitrogen and oxygen atoms in total. The molecule has 1 saturated heterocycles. The number of carbonyl (C=O) groups excluding carboxylic acids is 1. The number of amides is 1. The molecule has 0 saturated carbocycles. The molecule has 6 rings (SSSR count). The number of benzene rings is 1. The molecule has 0 spiro atoms. The number of aromatic nitrogens is 9. The number of nitrogens with one attached hydrogen (secondary N) is 1. The summed E-state index contributed by atoms with van der Waals surface area (Å²) in [7, 11) is 0. The fourth-order valence-electron chi connectivity index (χ4n) is 3.81. The third-order valence-corrected chi connectivity index (χ3v) is 5.73. The summed E-state index contributed by atoms with van der Waals surface area (Å²) < 4.78 is 3.28. The molecule has 1 N–H and O–H groups in total. The van der Waals surface area contributed by atoms with E-state index in [0.29, 0.717) is 24.6 Å². The first kappa shape index (κ1) is 19.9. The normalized spacial score (nSPS) is 13.7. The van der Waals surface area contributed by atoms with Gasteiger partial charge in [-0.25, -0.2) is 19.6 Å². The average Bonchev–Trinajstić information content (AvgIpc) is 3.49. The Morgan fingerprint density at radius 1 is 1.00 bits per heavy atom. The molecule has 1 fully saturated rings. The van der Waals surface area contributed by atoms with Crippen LogP contribution in [0.15, 0.2) is 61.4 Å². The van der Waals surface area contributed by atoms with Gasteiger partial charge < -0.3 is 10.2 Å². The first-order valence-corrected chi connectivity index (χ1v) is 10.7. The third-order valence-electron chi connectivity index (χ3n) is 5.73. The maximum atomic E-state index is 12.7. The zero-order valence-corrected chi connectivity index (χ0v) is 18.1. The summed E-state index contributed by atoms with van der Waals surface area (Å²) in [5.74, 6) is 1.97.